The minimum absolute atomic E-state index is 0. The third-order valence-corrected chi connectivity index (χ3v) is 5.56. The maximum absolute atomic E-state index is 5.33. The normalized spacial score (nSPS) is 14.6. The van der Waals surface area contributed by atoms with Crippen LogP contribution in [0.25, 0.3) is 0 Å². The molecule has 1 fully saturated rings. The van der Waals surface area contributed by atoms with E-state index in [1.165, 1.54) is 17.1 Å². The molecule has 28 heavy (non-hydrogen) atoms. The lowest BCUT2D eigenvalue weighted by Gasteiger charge is -2.36. The van der Waals surface area contributed by atoms with Crippen LogP contribution in [0.3, 0.4) is 0 Å². The molecule has 0 aliphatic carbocycles. The number of piperazine rings is 1. The molecule has 0 saturated carbocycles. The monoisotopic (exact) mass is 516 g/mol. The minimum Gasteiger partial charge on any atom is -0.496 e. The largest absolute Gasteiger partial charge is 0.496 e. The number of hydrogen-bond acceptors (Lipinski definition) is 6. The Labute approximate surface area is 188 Å². The first-order valence-electron chi connectivity index (χ1n) is 9.31. The number of rotatable bonds is 5. The Bertz CT molecular complexity index is 788. The summed E-state index contributed by atoms with van der Waals surface area (Å²) in [7, 11) is 3.54. The number of aryl methyl sites for hydroxylation is 2. The van der Waals surface area contributed by atoms with Gasteiger partial charge in [0.25, 0.3) is 0 Å². The Morgan fingerprint density at radius 2 is 2.04 bits per heavy atom. The fourth-order valence-corrected chi connectivity index (χ4v) is 3.99. The van der Waals surface area contributed by atoms with Crippen LogP contribution in [-0.2, 0) is 13.0 Å². The van der Waals surface area contributed by atoms with Crippen molar-refractivity contribution < 1.29 is 4.74 Å². The van der Waals surface area contributed by atoms with E-state index < -0.39 is 0 Å². The Balaban J connectivity index is 0.00000280. The van der Waals surface area contributed by atoms with Crippen molar-refractivity contribution in [3.8, 4) is 5.75 Å². The number of aliphatic imine (C=N–C) groups is 1. The fraction of sp³-hybridized carbons (Fsp3) is 0.526. The van der Waals surface area contributed by atoms with Crippen LogP contribution in [0.5, 0.6) is 5.75 Å². The Morgan fingerprint density at radius 1 is 1.29 bits per heavy atom. The van der Waals surface area contributed by atoms with Gasteiger partial charge in [-0.25, -0.2) is 4.98 Å². The Morgan fingerprint density at radius 3 is 2.61 bits per heavy atom. The smallest absolute Gasteiger partial charge is 0.205 e. The zero-order valence-corrected chi connectivity index (χ0v) is 20.1. The molecule has 154 valence electrons. The van der Waals surface area contributed by atoms with Crippen molar-refractivity contribution in [3.05, 3.63) is 35.2 Å². The number of ether oxygens (including phenoxy) is 1. The molecule has 9 heteroatoms. The standard InChI is InChI=1S/C19H28N6OS.HI/c1-5-17-22-19(27-23-17)25-10-8-24(9-11-25)18(20-3)21-13-15-6-7-16(26-4)14(2)12-15;/h6-7,12H,5,8-11,13H2,1-4H3,(H,20,21);1H. The maximum atomic E-state index is 5.33. The number of nitrogens with one attached hydrogen (secondary N) is 1. The molecular weight excluding hydrogens is 487 g/mol. The summed E-state index contributed by atoms with van der Waals surface area (Å²) < 4.78 is 9.72. The van der Waals surface area contributed by atoms with Gasteiger partial charge in [-0.15, -0.1) is 24.0 Å². The molecular formula is C19H29IN6OS. The molecule has 0 bridgehead atoms. The highest BCUT2D eigenvalue weighted by molar-refractivity contribution is 14.0. The van der Waals surface area contributed by atoms with Crippen LogP contribution < -0.4 is 15.0 Å². The molecule has 3 rings (SSSR count). The minimum atomic E-state index is 0. The second-order valence-electron chi connectivity index (χ2n) is 6.53. The quantitative estimate of drug-likeness (QED) is 0.375. The number of guanidine groups is 1. The third kappa shape index (κ3) is 5.47. The zero-order chi connectivity index (χ0) is 19.2. The van der Waals surface area contributed by atoms with Crippen molar-refractivity contribution in [2.24, 2.45) is 4.99 Å². The highest BCUT2D eigenvalue weighted by atomic mass is 127. The van der Waals surface area contributed by atoms with E-state index in [-0.39, 0.29) is 24.0 Å². The van der Waals surface area contributed by atoms with Crippen LogP contribution in [0.15, 0.2) is 23.2 Å². The molecule has 1 aliphatic rings. The van der Waals surface area contributed by atoms with E-state index in [1.807, 2.05) is 13.1 Å². The molecule has 1 aliphatic heterocycles. The predicted molar refractivity (Wildman–Crippen MR) is 126 cm³/mol. The van der Waals surface area contributed by atoms with E-state index >= 15 is 0 Å². The Kier molecular flexibility index (Phi) is 8.74. The summed E-state index contributed by atoms with van der Waals surface area (Å²) in [6, 6.07) is 6.25. The number of aromatic nitrogens is 2. The number of anilines is 1. The molecule has 0 spiro atoms. The molecule has 0 atom stereocenters. The topological polar surface area (TPSA) is 65.9 Å². The van der Waals surface area contributed by atoms with Gasteiger partial charge < -0.3 is 19.9 Å². The molecule has 0 unspecified atom stereocenters. The van der Waals surface area contributed by atoms with Crippen LogP contribution in [0.2, 0.25) is 0 Å². The van der Waals surface area contributed by atoms with Gasteiger partial charge in [0.15, 0.2) is 5.96 Å². The van der Waals surface area contributed by atoms with Gasteiger partial charge in [0.2, 0.25) is 5.13 Å². The highest BCUT2D eigenvalue weighted by Crippen LogP contribution is 2.20. The summed E-state index contributed by atoms with van der Waals surface area (Å²) in [4.78, 5) is 13.7. The van der Waals surface area contributed by atoms with Crippen molar-refractivity contribution >= 4 is 46.6 Å². The summed E-state index contributed by atoms with van der Waals surface area (Å²) >= 11 is 1.50. The molecule has 1 aromatic heterocycles. The van der Waals surface area contributed by atoms with E-state index in [1.54, 1.807) is 7.11 Å². The zero-order valence-electron chi connectivity index (χ0n) is 16.9. The van der Waals surface area contributed by atoms with Gasteiger partial charge in [0.1, 0.15) is 11.6 Å². The van der Waals surface area contributed by atoms with Gasteiger partial charge >= 0.3 is 0 Å². The molecule has 7 nitrogen and oxygen atoms in total. The maximum Gasteiger partial charge on any atom is 0.205 e. The van der Waals surface area contributed by atoms with Gasteiger partial charge in [-0.2, -0.15) is 4.37 Å². The summed E-state index contributed by atoms with van der Waals surface area (Å²) in [5, 5.41) is 4.51. The second kappa shape index (κ2) is 10.8. The average Bonchev–Trinajstić information content (AvgIpc) is 3.18. The highest BCUT2D eigenvalue weighted by Gasteiger charge is 2.22. The summed E-state index contributed by atoms with van der Waals surface area (Å²) in [6.45, 7) is 8.59. The van der Waals surface area contributed by atoms with Crippen LogP contribution >= 0.6 is 35.5 Å². The van der Waals surface area contributed by atoms with Gasteiger partial charge in [-0.05, 0) is 24.1 Å². The summed E-state index contributed by atoms with van der Waals surface area (Å²) in [6.07, 6.45) is 0.887. The van der Waals surface area contributed by atoms with Crippen LogP contribution in [0, 0.1) is 6.92 Å². The Hall–Kier alpha value is -1.62. The molecule has 2 heterocycles. The number of nitrogens with zero attached hydrogens (tertiary/aromatic N) is 5. The molecule has 1 N–H and O–H groups in total. The lowest BCUT2D eigenvalue weighted by atomic mass is 10.1. The lowest BCUT2D eigenvalue weighted by Crippen LogP contribution is -2.52. The second-order valence-corrected chi connectivity index (χ2v) is 7.26. The molecule has 2 aromatic rings. The van der Waals surface area contributed by atoms with Crippen LogP contribution in [0.4, 0.5) is 5.13 Å². The van der Waals surface area contributed by atoms with Crippen molar-refractivity contribution in [1.82, 2.24) is 19.6 Å². The SMILES string of the molecule is CCc1nsc(N2CCN(C(=NC)NCc3ccc(OC)c(C)c3)CC2)n1.I. The van der Waals surface area contributed by atoms with Gasteiger partial charge in [0.05, 0.1) is 7.11 Å². The third-order valence-electron chi connectivity index (χ3n) is 4.75. The average molecular weight is 516 g/mol. The van der Waals surface area contributed by atoms with E-state index in [2.05, 4.69) is 55.4 Å². The molecule has 0 radical (unpaired) electrons. The van der Waals surface area contributed by atoms with Crippen molar-refractivity contribution in [1.29, 1.82) is 0 Å². The molecule has 1 saturated heterocycles. The van der Waals surface area contributed by atoms with Gasteiger partial charge in [-0.1, -0.05) is 19.1 Å². The van der Waals surface area contributed by atoms with Crippen LogP contribution in [0.1, 0.15) is 23.9 Å². The number of methoxy groups -OCH3 is 1. The van der Waals surface area contributed by atoms with E-state index in [0.29, 0.717) is 0 Å². The number of benzene rings is 1. The van der Waals surface area contributed by atoms with Gasteiger partial charge in [0, 0.05) is 57.7 Å². The van der Waals surface area contributed by atoms with Crippen LogP contribution in [-0.4, -0.2) is 60.6 Å². The van der Waals surface area contributed by atoms with E-state index in [9.17, 15) is 0 Å². The molecule has 1 aromatic carbocycles. The first-order chi connectivity index (χ1) is 13.1. The lowest BCUT2D eigenvalue weighted by molar-refractivity contribution is 0.372. The fourth-order valence-electron chi connectivity index (χ4n) is 3.19. The first-order valence-corrected chi connectivity index (χ1v) is 10.1. The molecule has 0 amide bonds. The predicted octanol–water partition coefficient (Wildman–Crippen LogP) is 2.93. The van der Waals surface area contributed by atoms with Crippen molar-refractivity contribution in [3.63, 3.8) is 0 Å². The first kappa shape index (κ1) is 22.7. The van der Waals surface area contributed by atoms with Crippen molar-refractivity contribution in [2.45, 2.75) is 26.8 Å². The number of hydrogen-bond donors (Lipinski definition) is 1. The van der Waals surface area contributed by atoms with E-state index in [4.69, 9.17) is 4.74 Å². The van der Waals surface area contributed by atoms with Crippen molar-refractivity contribution in [2.75, 3.05) is 45.2 Å². The van der Waals surface area contributed by atoms with Gasteiger partial charge in [-0.3, -0.25) is 4.99 Å². The summed E-state index contributed by atoms with van der Waals surface area (Å²) in [5.41, 5.74) is 2.36. The number of halogens is 1. The van der Waals surface area contributed by atoms with E-state index in [0.717, 1.165) is 67.4 Å². The summed E-state index contributed by atoms with van der Waals surface area (Å²) in [5.74, 6) is 2.79.